The van der Waals surface area contributed by atoms with Gasteiger partial charge in [-0.05, 0) is 36.1 Å². The van der Waals surface area contributed by atoms with E-state index in [2.05, 4.69) is 23.1 Å². The van der Waals surface area contributed by atoms with E-state index in [1.165, 1.54) is 16.7 Å². The molecule has 3 aliphatic rings. The Hall–Kier alpha value is -1.52. The summed E-state index contributed by atoms with van der Waals surface area (Å²) in [4.78, 5) is 2.49. The molecule has 0 amide bonds. The second-order valence-electron chi connectivity index (χ2n) is 6.18. The van der Waals surface area contributed by atoms with Crippen molar-refractivity contribution in [3.05, 3.63) is 34.9 Å². The standard InChI is InChI=1S/C17H21NO3/c1-20-14-7-11-9-18-6-5-10-3-4-13(19)16(17(10)18)12(11)8-15(14)21-2/h3,7-8,13,16-17,19H,4-6,9H2,1-2H3/t13?,16-,17-/m1/s1. The molecule has 4 nitrogen and oxygen atoms in total. The Morgan fingerprint density at radius 3 is 2.71 bits per heavy atom. The van der Waals surface area contributed by atoms with Crippen LogP contribution in [-0.4, -0.2) is 42.9 Å². The van der Waals surface area contributed by atoms with Crippen LogP contribution < -0.4 is 9.47 Å². The minimum Gasteiger partial charge on any atom is -0.493 e. The van der Waals surface area contributed by atoms with Gasteiger partial charge in [-0.3, -0.25) is 4.90 Å². The third-order valence-corrected chi connectivity index (χ3v) is 5.22. The average Bonchev–Trinajstić information content (AvgIpc) is 2.92. The Kier molecular flexibility index (Phi) is 2.98. The maximum absolute atomic E-state index is 10.6. The van der Waals surface area contributed by atoms with E-state index < -0.39 is 0 Å². The van der Waals surface area contributed by atoms with Crippen LogP contribution >= 0.6 is 0 Å². The summed E-state index contributed by atoms with van der Waals surface area (Å²) >= 11 is 0. The highest BCUT2D eigenvalue weighted by atomic mass is 16.5. The lowest BCUT2D eigenvalue weighted by atomic mass is 9.74. The maximum atomic E-state index is 10.6. The average molecular weight is 287 g/mol. The highest BCUT2D eigenvalue weighted by molar-refractivity contribution is 5.52. The van der Waals surface area contributed by atoms with Gasteiger partial charge < -0.3 is 14.6 Å². The summed E-state index contributed by atoms with van der Waals surface area (Å²) in [5.41, 5.74) is 4.00. The largest absolute Gasteiger partial charge is 0.493 e. The maximum Gasteiger partial charge on any atom is 0.161 e. The van der Waals surface area contributed by atoms with Crippen molar-refractivity contribution in [1.82, 2.24) is 4.90 Å². The van der Waals surface area contributed by atoms with Gasteiger partial charge in [0.2, 0.25) is 0 Å². The van der Waals surface area contributed by atoms with Crippen molar-refractivity contribution >= 4 is 0 Å². The number of methoxy groups -OCH3 is 2. The molecule has 1 saturated heterocycles. The first kappa shape index (κ1) is 13.2. The van der Waals surface area contributed by atoms with Crippen LogP contribution in [0.5, 0.6) is 11.5 Å². The Morgan fingerprint density at radius 2 is 1.95 bits per heavy atom. The van der Waals surface area contributed by atoms with Crippen molar-refractivity contribution < 1.29 is 14.6 Å². The smallest absolute Gasteiger partial charge is 0.161 e. The first-order chi connectivity index (χ1) is 10.2. The second-order valence-corrected chi connectivity index (χ2v) is 6.18. The van der Waals surface area contributed by atoms with Gasteiger partial charge in [-0.15, -0.1) is 0 Å². The number of hydrogen-bond acceptors (Lipinski definition) is 4. The molecule has 4 heteroatoms. The van der Waals surface area contributed by atoms with Crippen molar-refractivity contribution in [2.75, 3.05) is 20.8 Å². The van der Waals surface area contributed by atoms with Crippen LogP contribution in [0.4, 0.5) is 0 Å². The number of rotatable bonds is 2. The molecule has 0 radical (unpaired) electrons. The van der Waals surface area contributed by atoms with Crippen LogP contribution in [0.3, 0.4) is 0 Å². The molecular weight excluding hydrogens is 266 g/mol. The normalized spacial score (nSPS) is 30.4. The summed E-state index contributed by atoms with van der Waals surface area (Å²) in [6.07, 6.45) is 3.84. The van der Waals surface area contributed by atoms with Crippen LogP contribution in [0.25, 0.3) is 0 Å². The lowest BCUT2D eigenvalue weighted by Crippen LogP contribution is -2.45. The zero-order valence-corrected chi connectivity index (χ0v) is 12.5. The van der Waals surface area contributed by atoms with Crippen molar-refractivity contribution in [1.29, 1.82) is 0 Å². The van der Waals surface area contributed by atoms with E-state index in [1.54, 1.807) is 14.2 Å². The molecule has 0 aromatic heterocycles. The van der Waals surface area contributed by atoms with E-state index in [9.17, 15) is 5.11 Å². The molecule has 0 spiro atoms. The fourth-order valence-electron chi connectivity index (χ4n) is 4.26. The number of aliphatic hydroxyl groups is 1. The molecule has 1 unspecified atom stereocenters. The van der Waals surface area contributed by atoms with E-state index in [-0.39, 0.29) is 12.0 Å². The molecule has 3 atom stereocenters. The molecule has 1 fully saturated rings. The Labute approximate surface area is 125 Å². The summed E-state index contributed by atoms with van der Waals surface area (Å²) in [6, 6.07) is 4.52. The van der Waals surface area contributed by atoms with E-state index in [0.717, 1.165) is 37.4 Å². The summed E-state index contributed by atoms with van der Waals surface area (Å²) < 4.78 is 10.9. The third kappa shape index (κ3) is 1.82. The summed E-state index contributed by atoms with van der Waals surface area (Å²) in [6.45, 7) is 2.02. The van der Waals surface area contributed by atoms with E-state index in [1.807, 2.05) is 0 Å². The predicted octanol–water partition coefficient (Wildman–Crippen LogP) is 2.07. The minimum absolute atomic E-state index is 0.163. The van der Waals surface area contributed by atoms with Gasteiger partial charge in [-0.1, -0.05) is 11.6 Å². The highest BCUT2D eigenvalue weighted by Crippen LogP contribution is 2.48. The monoisotopic (exact) mass is 287 g/mol. The van der Waals surface area contributed by atoms with Crippen molar-refractivity contribution in [2.24, 2.45) is 0 Å². The summed E-state index contributed by atoms with van der Waals surface area (Å²) in [5.74, 6) is 1.69. The zero-order valence-electron chi connectivity index (χ0n) is 12.5. The number of benzene rings is 1. The van der Waals surface area contributed by atoms with Gasteiger partial charge in [-0.2, -0.15) is 0 Å². The molecule has 0 saturated carbocycles. The summed E-state index contributed by atoms with van der Waals surface area (Å²) in [5, 5.41) is 10.6. The lowest BCUT2D eigenvalue weighted by Gasteiger charge is -2.43. The van der Waals surface area contributed by atoms with Gasteiger partial charge in [0.1, 0.15) is 0 Å². The Morgan fingerprint density at radius 1 is 1.19 bits per heavy atom. The Bertz CT molecular complexity index is 610. The molecule has 112 valence electrons. The van der Waals surface area contributed by atoms with Crippen LogP contribution in [0.1, 0.15) is 29.9 Å². The molecule has 1 N–H and O–H groups in total. The van der Waals surface area contributed by atoms with Crippen LogP contribution in [0.15, 0.2) is 23.8 Å². The van der Waals surface area contributed by atoms with Gasteiger partial charge in [0.25, 0.3) is 0 Å². The van der Waals surface area contributed by atoms with Crippen LogP contribution in [0.2, 0.25) is 0 Å². The fourth-order valence-corrected chi connectivity index (χ4v) is 4.26. The molecule has 21 heavy (non-hydrogen) atoms. The van der Waals surface area contributed by atoms with Crippen molar-refractivity contribution in [2.45, 2.75) is 37.5 Å². The molecule has 0 bridgehead atoms. The number of nitrogens with zero attached hydrogens (tertiary/aromatic N) is 1. The minimum atomic E-state index is -0.309. The topological polar surface area (TPSA) is 41.9 Å². The summed E-state index contributed by atoms with van der Waals surface area (Å²) in [7, 11) is 3.33. The zero-order chi connectivity index (χ0) is 14.6. The first-order valence-corrected chi connectivity index (χ1v) is 7.58. The molecular formula is C17H21NO3. The predicted molar refractivity (Wildman–Crippen MR) is 79.8 cm³/mol. The SMILES string of the molecule is COc1cc2c(cc1OC)[C@@H]1C(O)CC=C3CCN(C2)[C@H]31. The lowest BCUT2D eigenvalue weighted by molar-refractivity contribution is 0.0828. The van der Waals surface area contributed by atoms with Gasteiger partial charge in [-0.25, -0.2) is 0 Å². The molecule has 2 heterocycles. The number of ether oxygens (including phenoxy) is 2. The van der Waals surface area contributed by atoms with Gasteiger partial charge in [0.15, 0.2) is 11.5 Å². The van der Waals surface area contributed by atoms with Gasteiger partial charge >= 0.3 is 0 Å². The fraction of sp³-hybridized carbons (Fsp3) is 0.529. The number of fused-ring (bicyclic) bond motifs is 2. The molecule has 1 aromatic rings. The molecule has 1 aromatic carbocycles. The van der Waals surface area contributed by atoms with Crippen molar-refractivity contribution in [3.8, 4) is 11.5 Å². The van der Waals surface area contributed by atoms with Crippen LogP contribution in [-0.2, 0) is 6.54 Å². The number of aliphatic hydroxyl groups excluding tert-OH is 1. The number of hydrogen-bond donors (Lipinski definition) is 1. The highest BCUT2D eigenvalue weighted by Gasteiger charge is 2.45. The van der Waals surface area contributed by atoms with E-state index in [4.69, 9.17) is 9.47 Å². The van der Waals surface area contributed by atoms with Crippen LogP contribution in [0, 0.1) is 0 Å². The first-order valence-electron chi connectivity index (χ1n) is 7.58. The van der Waals surface area contributed by atoms with E-state index >= 15 is 0 Å². The second kappa shape index (κ2) is 4.75. The quantitative estimate of drug-likeness (QED) is 0.846. The van der Waals surface area contributed by atoms with Gasteiger partial charge in [0.05, 0.1) is 20.3 Å². The molecule has 4 rings (SSSR count). The molecule has 1 aliphatic carbocycles. The molecule has 2 aliphatic heterocycles. The van der Waals surface area contributed by atoms with Crippen molar-refractivity contribution in [3.63, 3.8) is 0 Å². The Balaban J connectivity index is 1.86. The van der Waals surface area contributed by atoms with Gasteiger partial charge in [0, 0.05) is 25.0 Å². The third-order valence-electron chi connectivity index (χ3n) is 5.22. The van der Waals surface area contributed by atoms with E-state index in [0.29, 0.717) is 6.04 Å².